The molecule has 0 aromatic heterocycles. The van der Waals surface area contributed by atoms with Crippen molar-refractivity contribution in [2.75, 3.05) is 32.8 Å². The van der Waals surface area contributed by atoms with Crippen molar-refractivity contribution in [2.24, 2.45) is 0 Å². The van der Waals surface area contributed by atoms with Gasteiger partial charge in [-0.15, -0.1) is 0 Å². The molecule has 4 rings (SSSR count). The highest BCUT2D eigenvalue weighted by Crippen LogP contribution is 2.39. The van der Waals surface area contributed by atoms with E-state index in [-0.39, 0.29) is 23.8 Å². The number of morpholine rings is 1. The summed E-state index contributed by atoms with van der Waals surface area (Å²) in [6.45, 7) is 13.3. The van der Waals surface area contributed by atoms with E-state index in [0.717, 1.165) is 30.4 Å². The van der Waals surface area contributed by atoms with E-state index in [1.807, 2.05) is 61.5 Å². The molecule has 3 aliphatic heterocycles. The first-order valence-corrected chi connectivity index (χ1v) is 12.3. The fourth-order valence-corrected chi connectivity index (χ4v) is 5.38. The van der Waals surface area contributed by atoms with Gasteiger partial charge in [0.1, 0.15) is 5.60 Å². The van der Waals surface area contributed by atoms with Gasteiger partial charge in [0.05, 0.1) is 24.8 Å². The Balaban J connectivity index is 1.58. The zero-order chi connectivity index (χ0) is 24.0. The number of rotatable bonds is 1. The van der Waals surface area contributed by atoms with Crippen molar-refractivity contribution in [3.8, 4) is 0 Å². The van der Waals surface area contributed by atoms with Crippen molar-refractivity contribution < 1.29 is 19.1 Å². The van der Waals surface area contributed by atoms with Crippen LogP contribution in [0.5, 0.6) is 0 Å². The Morgan fingerprint density at radius 2 is 1.91 bits per heavy atom. The number of ether oxygens (including phenoxy) is 2. The van der Waals surface area contributed by atoms with Crippen LogP contribution in [0, 0.1) is 0 Å². The quantitative estimate of drug-likeness (QED) is 0.571. The summed E-state index contributed by atoms with van der Waals surface area (Å²) in [7, 11) is 0. The first-order valence-electron chi connectivity index (χ1n) is 11.9. The molecule has 0 unspecified atom stereocenters. The minimum atomic E-state index is -0.548. The third-order valence-electron chi connectivity index (χ3n) is 6.55. The molecule has 1 aromatic carbocycles. The molecule has 0 aliphatic carbocycles. The number of carbonyl (C=O) groups is 2. The van der Waals surface area contributed by atoms with Gasteiger partial charge in [0.2, 0.25) is 0 Å². The lowest BCUT2D eigenvalue weighted by atomic mass is 9.90. The first-order chi connectivity index (χ1) is 15.4. The SMILES string of the molecule is CC(C)(C)OC(=O)N1CCC[C@H]1c1cc(Cl)cc2c1CN(C(=O)N1CCOC(C)(C)C1)CC2. The molecule has 7 nitrogen and oxygen atoms in total. The molecular formula is C25H36ClN3O4. The minimum Gasteiger partial charge on any atom is -0.444 e. The molecule has 3 amide bonds. The van der Waals surface area contributed by atoms with Crippen molar-refractivity contribution in [2.45, 2.75) is 77.7 Å². The number of carbonyl (C=O) groups excluding carboxylic acids is 2. The van der Waals surface area contributed by atoms with Crippen molar-refractivity contribution in [3.05, 3.63) is 33.8 Å². The Labute approximate surface area is 201 Å². The maximum Gasteiger partial charge on any atom is 0.410 e. The third-order valence-corrected chi connectivity index (χ3v) is 6.77. The number of benzene rings is 1. The number of urea groups is 1. The minimum absolute atomic E-state index is 0.0494. The van der Waals surface area contributed by atoms with Crippen LogP contribution in [-0.2, 0) is 22.4 Å². The normalized spacial score (nSPS) is 22.8. The van der Waals surface area contributed by atoms with Gasteiger partial charge >= 0.3 is 12.1 Å². The van der Waals surface area contributed by atoms with Gasteiger partial charge in [-0.1, -0.05) is 11.6 Å². The molecule has 2 saturated heterocycles. The number of amides is 3. The second kappa shape index (κ2) is 8.99. The molecular weight excluding hydrogens is 442 g/mol. The maximum atomic E-state index is 13.4. The Morgan fingerprint density at radius 3 is 2.61 bits per heavy atom. The summed E-state index contributed by atoms with van der Waals surface area (Å²) in [5, 5.41) is 0.675. The van der Waals surface area contributed by atoms with Gasteiger partial charge in [-0.25, -0.2) is 9.59 Å². The standard InChI is InChI=1S/C25H36ClN3O4/c1-24(2,3)33-23(31)29-9-6-7-21(29)19-14-18(26)13-17-8-10-27(15-20(17)19)22(30)28-11-12-32-25(4,5)16-28/h13-14,21H,6-12,15-16H2,1-5H3/t21-/m0/s1. The Kier molecular flexibility index (Phi) is 6.58. The summed E-state index contributed by atoms with van der Waals surface area (Å²) >= 11 is 6.51. The molecule has 0 radical (unpaired) electrons. The Bertz CT molecular complexity index is 927. The van der Waals surface area contributed by atoms with E-state index >= 15 is 0 Å². The zero-order valence-corrected chi connectivity index (χ0v) is 21.2. The summed E-state index contributed by atoms with van der Waals surface area (Å²) in [5.74, 6) is 0. The fourth-order valence-electron chi connectivity index (χ4n) is 5.13. The van der Waals surface area contributed by atoms with Crippen LogP contribution in [0.25, 0.3) is 0 Å². The van der Waals surface area contributed by atoms with Crippen LogP contribution in [0.4, 0.5) is 9.59 Å². The highest BCUT2D eigenvalue weighted by molar-refractivity contribution is 6.30. The van der Waals surface area contributed by atoms with E-state index in [9.17, 15) is 9.59 Å². The number of likely N-dealkylation sites (tertiary alicyclic amines) is 1. The molecule has 182 valence electrons. The van der Waals surface area contributed by atoms with E-state index in [2.05, 4.69) is 0 Å². The van der Waals surface area contributed by atoms with Gasteiger partial charge < -0.3 is 24.2 Å². The molecule has 3 heterocycles. The van der Waals surface area contributed by atoms with Gasteiger partial charge in [0.15, 0.2) is 0 Å². The lowest BCUT2D eigenvalue weighted by Crippen LogP contribution is -2.55. The van der Waals surface area contributed by atoms with Crippen molar-refractivity contribution in [1.29, 1.82) is 0 Å². The van der Waals surface area contributed by atoms with Crippen LogP contribution in [0.2, 0.25) is 5.02 Å². The van der Waals surface area contributed by atoms with E-state index in [4.69, 9.17) is 21.1 Å². The van der Waals surface area contributed by atoms with E-state index < -0.39 is 5.60 Å². The number of hydrogen-bond acceptors (Lipinski definition) is 4. The lowest BCUT2D eigenvalue weighted by molar-refractivity contribution is -0.0767. The molecule has 0 N–H and O–H groups in total. The van der Waals surface area contributed by atoms with Crippen LogP contribution in [-0.4, -0.2) is 70.8 Å². The zero-order valence-electron chi connectivity index (χ0n) is 20.4. The number of fused-ring (bicyclic) bond motifs is 1. The topological polar surface area (TPSA) is 62.3 Å². The number of nitrogens with zero attached hydrogens (tertiary/aromatic N) is 3. The van der Waals surface area contributed by atoms with Gasteiger partial charge in [0, 0.05) is 31.2 Å². The molecule has 0 spiro atoms. The van der Waals surface area contributed by atoms with Crippen molar-refractivity contribution in [1.82, 2.24) is 14.7 Å². The second-order valence-corrected chi connectivity index (χ2v) is 11.4. The second-order valence-electron chi connectivity index (χ2n) is 10.9. The van der Waals surface area contributed by atoms with E-state index in [1.165, 1.54) is 5.56 Å². The van der Waals surface area contributed by atoms with Crippen LogP contribution < -0.4 is 0 Å². The number of halogens is 1. The van der Waals surface area contributed by atoms with Crippen LogP contribution >= 0.6 is 11.6 Å². The summed E-state index contributed by atoms with van der Waals surface area (Å²) in [6.07, 6.45) is 2.23. The highest BCUT2D eigenvalue weighted by atomic mass is 35.5. The molecule has 1 aromatic rings. The summed E-state index contributed by atoms with van der Waals surface area (Å²) in [4.78, 5) is 31.9. The summed E-state index contributed by atoms with van der Waals surface area (Å²) in [6, 6.07) is 3.94. The van der Waals surface area contributed by atoms with Gasteiger partial charge in [0.25, 0.3) is 0 Å². The molecule has 8 heteroatoms. The predicted molar refractivity (Wildman–Crippen MR) is 127 cm³/mol. The largest absolute Gasteiger partial charge is 0.444 e. The van der Waals surface area contributed by atoms with Crippen molar-refractivity contribution in [3.63, 3.8) is 0 Å². The molecule has 33 heavy (non-hydrogen) atoms. The Morgan fingerprint density at radius 1 is 1.15 bits per heavy atom. The summed E-state index contributed by atoms with van der Waals surface area (Å²) in [5.41, 5.74) is 2.44. The van der Waals surface area contributed by atoms with E-state index in [1.54, 1.807) is 0 Å². The fraction of sp³-hybridized carbons (Fsp3) is 0.680. The molecule has 0 bridgehead atoms. The molecule has 2 fully saturated rings. The van der Waals surface area contributed by atoms with Crippen LogP contribution in [0.1, 0.15) is 70.2 Å². The Hall–Kier alpha value is -1.99. The van der Waals surface area contributed by atoms with Gasteiger partial charge in [-0.05, 0) is 82.7 Å². The monoisotopic (exact) mass is 477 g/mol. The smallest absolute Gasteiger partial charge is 0.410 e. The van der Waals surface area contributed by atoms with E-state index in [0.29, 0.717) is 44.4 Å². The molecule has 0 saturated carbocycles. The first kappa shape index (κ1) is 24.1. The summed E-state index contributed by atoms with van der Waals surface area (Å²) < 4.78 is 11.5. The maximum absolute atomic E-state index is 13.4. The van der Waals surface area contributed by atoms with Crippen molar-refractivity contribution >= 4 is 23.7 Å². The van der Waals surface area contributed by atoms with Crippen LogP contribution in [0.15, 0.2) is 12.1 Å². The third kappa shape index (κ3) is 5.40. The number of hydrogen-bond donors (Lipinski definition) is 0. The average molecular weight is 478 g/mol. The van der Waals surface area contributed by atoms with Crippen LogP contribution in [0.3, 0.4) is 0 Å². The van der Waals surface area contributed by atoms with Gasteiger partial charge in [-0.3, -0.25) is 0 Å². The average Bonchev–Trinajstić information content (AvgIpc) is 3.20. The predicted octanol–water partition coefficient (Wildman–Crippen LogP) is 5.00. The molecule has 1 atom stereocenters. The molecule has 3 aliphatic rings. The van der Waals surface area contributed by atoms with Gasteiger partial charge in [-0.2, -0.15) is 0 Å². The highest BCUT2D eigenvalue weighted by Gasteiger charge is 2.37. The lowest BCUT2D eigenvalue weighted by Gasteiger charge is -2.42.